The molecule has 3 atom stereocenters. The fourth-order valence-corrected chi connectivity index (χ4v) is 2.72. The van der Waals surface area contributed by atoms with E-state index in [1.54, 1.807) is 0 Å². The lowest BCUT2D eigenvalue weighted by Gasteiger charge is -2.32. The molecular weight excluding hydrogens is 240 g/mol. The Morgan fingerprint density at radius 2 is 2.06 bits per heavy atom. The average molecular weight is 263 g/mol. The number of amides is 1. The predicted molar refractivity (Wildman–Crippen MR) is 69.1 cm³/mol. The Balaban J connectivity index is 0.00000144. The minimum Gasteiger partial charge on any atom is -0.381 e. The highest BCUT2D eigenvalue weighted by Gasteiger charge is 2.29. The maximum Gasteiger partial charge on any atom is 0.225 e. The van der Waals surface area contributed by atoms with E-state index >= 15 is 0 Å². The Labute approximate surface area is 109 Å². The smallest absolute Gasteiger partial charge is 0.225 e. The van der Waals surface area contributed by atoms with Crippen LogP contribution >= 0.6 is 12.4 Å². The molecule has 100 valence electrons. The number of nitrogens with one attached hydrogen (secondary N) is 1. The van der Waals surface area contributed by atoms with Crippen molar-refractivity contribution in [3.8, 4) is 0 Å². The number of carbonyl (C=O) groups excluding carboxylic acids is 1. The van der Waals surface area contributed by atoms with Gasteiger partial charge in [0.25, 0.3) is 0 Å². The number of halogens is 1. The number of carbonyl (C=O) groups is 1. The second-order valence-electron chi connectivity index (χ2n) is 4.96. The monoisotopic (exact) mass is 262 g/mol. The standard InChI is InChI=1S/C12H22N2O2.ClH/c13-7-9-3-1-2-4-11(9)14-12(15)10-5-6-16-8-10;/h9-11H,1-8,13H2,(H,14,15);1H. The lowest BCUT2D eigenvalue weighted by atomic mass is 9.84. The second-order valence-corrected chi connectivity index (χ2v) is 4.96. The van der Waals surface area contributed by atoms with E-state index in [1.165, 1.54) is 12.8 Å². The predicted octanol–water partition coefficient (Wildman–Crippen LogP) is 1.08. The van der Waals surface area contributed by atoms with Crippen LogP contribution in [-0.4, -0.2) is 31.7 Å². The summed E-state index contributed by atoms with van der Waals surface area (Å²) in [7, 11) is 0. The summed E-state index contributed by atoms with van der Waals surface area (Å²) in [4.78, 5) is 11.9. The zero-order chi connectivity index (χ0) is 11.4. The molecule has 2 fully saturated rings. The van der Waals surface area contributed by atoms with Gasteiger partial charge in [-0.05, 0) is 31.7 Å². The van der Waals surface area contributed by atoms with Crippen LogP contribution in [0, 0.1) is 11.8 Å². The van der Waals surface area contributed by atoms with Crippen LogP contribution in [0.3, 0.4) is 0 Å². The molecule has 4 nitrogen and oxygen atoms in total. The molecule has 0 aromatic heterocycles. The van der Waals surface area contributed by atoms with Crippen molar-refractivity contribution in [1.82, 2.24) is 5.32 Å². The molecule has 2 rings (SSSR count). The summed E-state index contributed by atoms with van der Waals surface area (Å²) in [5, 5.41) is 3.16. The number of hydrogen-bond acceptors (Lipinski definition) is 3. The van der Waals surface area contributed by atoms with E-state index in [-0.39, 0.29) is 24.2 Å². The molecule has 0 aromatic rings. The lowest BCUT2D eigenvalue weighted by molar-refractivity contribution is -0.126. The van der Waals surface area contributed by atoms with Crippen LogP contribution in [-0.2, 0) is 9.53 Å². The van der Waals surface area contributed by atoms with Crippen molar-refractivity contribution in [3.05, 3.63) is 0 Å². The van der Waals surface area contributed by atoms with Crippen LogP contribution in [0.15, 0.2) is 0 Å². The van der Waals surface area contributed by atoms with E-state index in [4.69, 9.17) is 10.5 Å². The first-order valence-corrected chi connectivity index (χ1v) is 6.39. The first kappa shape index (κ1) is 14.7. The Kier molecular flexibility index (Phi) is 6.23. The van der Waals surface area contributed by atoms with Gasteiger partial charge in [0.05, 0.1) is 12.5 Å². The van der Waals surface area contributed by atoms with Crippen molar-refractivity contribution in [2.45, 2.75) is 38.1 Å². The molecule has 3 N–H and O–H groups in total. The molecule has 5 heteroatoms. The van der Waals surface area contributed by atoms with Gasteiger partial charge in [0, 0.05) is 12.6 Å². The maximum atomic E-state index is 11.9. The molecule has 0 spiro atoms. The third-order valence-electron chi connectivity index (χ3n) is 3.84. The zero-order valence-electron chi connectivity index (χ0n) is 10.2. The Bertz CT molecular complexity index is 245. The molecule has 1 aliphatic heterocycles. The van der Waals surface area contributed by atoms with Gasteiger partial charge in [-0.3, -0.25) is 4.79 Å². The van der Waals surface area contributed by atoms with Gasteiger partial charge in [-0.25, -0.2) is 0 Å². The van der Waals surface area contributed by atoms with Crippen LogP contribution in [0.5, 0.6) is 0 Å². The van der Waals surface area contributed by atoms with Crippen molar-refractivity contribution >= 4 is 18.3 Å². The van der Waals surface area contributed by atoms with Crippen LogP contribution in [0.1, 0.15) is 32.1 Å². The van der Waals surface area contributed by atoms with Gasteiger partial charge >= 0.3 is 0 Å². The van der Waals surface area contributed by atoms with Gasteiger partial charge in [0.15, 0.2) is 0 Å². The van der Waals surface area contributed by atoms with Crippen molar-refractivity contribution in [2.75, 3.05) is 19.8 Å². The molecule has 17 heavy (non-hydrogen) atoms. The molecule has 1 amide bonds. The molecule has 1 saturated carbocycles. The molecule has 0 aromatic carbocycles. The van der Waals surface area contributed by atoms with Gasteiger partial charge in [-0.2, -0.15) is 0 Å². The van der Waals surface area contributed by atoms with Gasteiger partial charge in [0.1, 0.15) is 0 Å². The minimum absolute atomic E-state index is 0. The van der Waals surface area contributed by atoms with E-state index < -0.39 is 0 Å². The summed E-state index contributed by atoms with van der Waals surface area (Å²) < 4.78 is 5.24. The molecule has 1 heterocycles. The number of hydrogen-bond donors (Lipinski definition) is 2. The topological polar surface area (TPSA) is 64.3 Å². The number of ether oxygens (including phenoxy) is 1. The van der Waals surface area contributed by atoms with Gasteiger partial charge < -0.3 is 15.8 Å². The van der Waals surface area contributed by atoms with Crippen molar-refractivity contribution in [3.63, 3.8) is 0 Å². The molecular formula is C12H23ClN2O2. The van der Waals surface area contributed by atoms with Gasteiger partial charge in [0.2, 0.25) is 5.91 Å². The van der Waals surface area contributed by atoms with Gasteiger partial charge in [-0.1, -0.05) is 12.8 Å². The summed E-state index contributed by atoms with van der Waals surface area (Å²) in [6.45, 7) is 2.00. The van der Waals surface area contributed by atoms with E-state index in [1.807, 2.05) is 0 Å². The van der Waals surface area contributed by atoms with Crippen molar-refractivity contribution < 1.29 is 9.53 Å². The summed E-state index contributed by atoms with van der Waals surface area (Å²) in [6.07, 6.45) is 5.57. The normalized spacial score (nSPS) is 32.9. The van der Waals surface area contributed by atoms with E-state index in [2.05, 4.69) is 5.32 Å². The largest absolute Gasteiger partial charge is 0.381 e. The van der Waals surface area contributed by atoms with Crippen LogP contribution in [0.2, 0.25) is 0 Å². The summed E-state index contributed by atoms with van der Waals surface area (Å²) >= 11 is 0. The molecule has 1 aliphatic carbocycles. The second kappa shape index (κ2) is 7.19. The van der Waals surface area contributed by atoms with Crippen LogP contribution in [0.4, 0.5) is 0 Å². The quantitative estimate of drug-likeness (QED) is 0.800. The van der Waals surface area contributed by atoms with Crippen LogP contribution in [0.25, 0.3) is 0 Å². The molecule has 1 saturated heterocycles. The Hall–Kier alpha value is -0.320. The minimum atomic E-state index is 0. The van der Waals surface area contributed by atoms with Crippen molar-refractivity contribution in [1.29, 1.82) is 0 Å². The highest BCUT2D eigenvalue weighted by Crippen LogP contribution is 2.24. The zero-order valence-corrected chi connectivity index (χ0v) is 11.0. The van der Waals surface area contributed by atoms with E-state index in [0.29, 0.717) is 25.1 Å². The lowest BCUT2D eigenvalue weighted by Crippen LogP contribution is -2.46. The van der Waals surface area contributed by atoms with E-state index in [0.717, 1.165) is 25.9 Å². The SMILES string of the molecule is Cl.NCC1CCCCC1NC(=O)C1CCOC1. The first-order valence-electron chi connectivity index (χ1n) is 6.39. The molecule has 0 radical (unpaired) electrons. The Morgan fingerprint density at radius 3 is 2.71 bits per heavy atom. The third kappa shape index (κ3) is 3.83. The Morgan fingerprint density at radius 1 is 1.29 bits per heavy atom. The number of rotatable bonds is 3. The van der Waals surface area contributed by atoms with Crippen LogP contribution < -0.4 is 11.1 Å². The third-order valence-corrected chi connectivity index (χ3v) is 3.84. The average Bonchev–Trinajstić information content (AvgIpc) is 2.83. The van der Waals surface area contributed by atoms with E-state index in [9.17, 15) is 4.79 Å². The first-order chi connectivity index (χ1) is 7.81. The summed E-state index contributed by atoms with van der Waals surface area (Å²) in [5.41, 5.74) is 5.75. The molecule has 0 bridgehead atoms. The van der Waals surface area contributed by atoms with Gasteiger partial charge in [-0.15, -0.1) is 12.4 Å². The van der Waals surface area contributed by atoms with Crippen molar-refractivity contribution in [2.24, 2.45) is 17.6 Å². The molecule has 2 aliphatic rings. The highest BCUT2D eigenvalue weighted by atomic mass is 35.5. The highest BCUT2D eigenvalue weighted by molar-refractivity contribution is 5.85. The summed E-state index contributed by atoms with van der Waals surface area (Å²) in [5.74, 6) is 0.711. The fourth-order valence-electron chi connectivity index (χ4n) is 2.72. The molecule has 3 unspecified atom stereocenters. The number of nitrogens with two attached hydrogens (primary N) is 1. The fraction of sp³-hybridized carbons (Fsp3) is 0.917. The summed E-state index contributed by atoms with van der Waals surface area (Å²) in [6, 6.07) is 0.298. The maximum absolute atomic E-state index is 11.9.